The minimum absolute atomic E-state index is 0.227. The summed E-state index contributed by atoms with van der Waals surface area (Å²) in [5.41, 5.74) is 6.12. The summed E-state index contributed by atoms with van der Waals surface area (Å²) in [6.45, 7) is 8.51. The maximum absolute atomic E-state index is 5.89. The van der Waals surface area contributed by atoms with Crippen molar-refractivity contribution in [1.29, 1.82) is 0 Å². The minimum atomic E-state index is 0.227. The number of ether oxygens (including phenoxy) is 2. The molecule has 108 valence electrons. The predicted octanol–water partition coefficient (Wildman–Crippen LogP) is 3.62. The third kappa shape index (κ3) is 4.75. The van der Waals surface area contributed by atoms with Crippen LogP contribution in [0.5, 0.6) is 11.5 Å². The Labute approximate surface area is 117 Å². The molecule has 0 fully saturated rings. The highest BCUT2D eigenvalue weighted by Gasteiger charge is 2.23. The molecule has 0 aliphatic heterocycles. The molecule has 0 aliphatic carbocycles. The molecule has 0 spiro atoms. The van der Waals surface area contributed by atoms with Gasteiger partial charge in [0, 0.05) is 0 Å². The average Bonchev–Trinajstić information content (AvgIpc) is 2.46. The van der Waals surface area contributed by atoms with E-state index in [2.05, 4.69) is 13.8 Å². The van der Waals surface area contributed by atoms with Crippen molar-refractivity contribution in [3.05, 3.63) is 24.3 Å². The molecule has 0 saturated heterocycles. The van der Waals surface area contributed by atoms with Gasteiger partial charge < -0.3 is 15.2 Å². The molecule has 2 N–H and O–H groups in total. The van der Waals surface area contributed by atoms with E-state index in [1.54, 1.807) is 0 Å². The Morgan fingerprint density at radius 2 is 1.47 bits per heavy atom. The number of hydrogen-bond donors (Lipinski definition) is 1. The highest BCUT2D eigenvalue weighted by atomic mass is 16.5. The van der Waals surface area contributed by atoms with Gasteiger partial charge in [0.05, 0.1) is 13.2 Å². The van der Waals surface area contributed by atoms with E-state index in [0.717, 1.165) is 37.3 Å². The first kappa shape index (κ1) is 15.8. The zero-order valence-electron chi connectivity index (χ0n) is 12.4. The second kappa shape index (κ2) is 8.05. The van der Waals surface area contributed by atoms with E-state index in [1.807, 2.05) is 31.2 Å². The van der Waals surface area contributed by atoms with Gasteiger partial charge >= 0.3 is 0 Å². The SMILES string of the molecule is CCOc1ccc(OCCC(CC)(CC)CN)cc1. The van der Waals surface area contributed by atoms with Crippen LogP contribution < -0.4 is 15.2 Å². The van der Waals surface area contributed by atoms with Gasteiger partial charge in [-0.1, -0.05) is 13.8 Å². The smallest absolute Gasteiger partial charge is 0.119 e. The molecule has 0 aliphatic rings. The van der Waals surface area contributed by atoms with E-state index < -0.39 is 0 Å². The van der Waals surface area contributed by atoms with Crippen molar-refractivity contribution in [2.24, 2.45) is 11.1 Å². The normalized spacial score (nSPS) is 11.4. The third-order valence-corrected chi connectivity index (χ3v) is 3.97. The van der Waals surface area contributed by atoms with E-state index in [-0.39, 0.29) is 5.41 Å². The van der Waals surface area contributed by atoms with Gasteiger partial charge in [-0.25, -0.2) is 0 Å². The highest BCUT2D eigenvalue weighted by Crippen LogP contribution is 2.29. The van der Waals surface area contributed by atoms with E-state index >= 15 is 0 Å². The van der Waals surface area contributed by atoms with Gasteiger partial charge in [0.15, 0.2) is 0 Å². The van der Waals surface area contributed by atoms with Crippen molar-refractivity contribution >= 4 is 0 Å². The predicted molar refractivity (Wildman–Crippen MR) is 79.8 cm³/mol. The minimum Gasteiger partial charge on any atom is -0.494 e. The van der Waals surface area contributed by atoms with Gasteiger partial charge in [0.25, 0.3) is 0 Å². The molecule has 1 rings (SSSR count). The maximum Gasteiger partial charge on any atom is 0.119 e. The summed E-state index contributed by atoms with van der Waals surface area (Å²) in [5, 5.41) is 0. The summed E-state index contributed by atoms with van der Waals surface area (Å²) in [6, 6.07) is 7.78. The Morgan fingerprint density at radius 1 is 0.947 bits per heavy atom. The van der Waals surface area contributed by atoms with Crippen molar-refractivity contribution in [2.45, 2.75) is 40.0 Å². The van der Waals surface area contributed by atoms with Crippen LogP contribution in [0.3, 0.4) is 0 Å². The van der Waals surface area contributed by atoms with E-state index in [1.165, 1.54) is 0 Å². The third-order valence-electron chi connectivity index (χ3n) is 3.97. The van der Waals surface area contributed by atoms with Gasteiger partial charge in [-0.2, -0.15) is 0 Å². The summed E-state index contributed by atoms with van der Waals surface area (Å²) in [5.74, 6) is 1.77. The average molecular weight is 265 g/mol. The van der Waals surface area contributed by atoms with E-state index in [4.69, 9.17) is 15.2 Å². The van der Waals surface area contributed by atoms with Gasteiger partial charge in [0.2, 0.25) is 0 Å². The lowest BCUT2D eigenvalue weighted by Crippen LogP contribution is -2.31. The fraction of sp³-hybridized carbons (Fsp3) is 0.625. The molecule has 19 heavy (non-hydrogen) atoms. The van der Waals surface area contributed by atoms with E-state index in [0.29, 0.717) is 13.2 Å². The second-order valence-corrected chi connectivity index (χ2v) is 4.91. The highest BCUT2D eigenvalue weighted by molar-refractivity contribution is 5.31. The molecule has 0 heterocycles. The Kier molecular flexibility index (Phi) is 6.71. The molecule has 0 aromatic heterocycles. The van der Waals surface area contributed by atoms with Crippen LogP contribution in [-0.4, -0.2) is 19.8 Å². The molecule has 1 aromatic rings. The zero-order valence-corrected chi connectivity index (χ0v) is 12.4. The van der Waals surface area contributed by atoms with Gasteiger partial charge in [-0.3, -0.25) is 0 Å². The van der Waals surface area contributed by atoms with Gasteiger partial charge in [-0.05, 0) is 62.4 Å². The zero-order chi connectivity index (χ0) is 14.1. The molecule has 0 radical (unpaired) electrons. The number of benzene rings is 1. The van der Waals surface area contributed by atoms with Crippen molar-refractivity contribution in [3.63, 3.8) is 0 Å². The van der Waals surface area contributed by atoms with Crippen LogP contribution in [-0.2, 0) is 0 Å². The first-order valence-electron chi connectivity index (χ1n) is 7.25. The maximum atomic E-state index is 5.89. The van der Waals surface area contributed by atoms with Gasteiger partial charge in [-0.15, -0.1) is 0 Å². The largest absolute Gasteiger partial charge is 0.494 e. The Balaban J connectivity index is 2.44. The van der Waals surface area contributed by atoms with Crippen LogP contribution >= 0.6 is 0 Å². The first-order chi connectivity index (χ1) is 9.19. The lowest BCUT2D eigenvalue weighted by atomic mass is 9.80. The molecule has 0 amide bonds. The summed E-state index contributed by atoms with van der Waals surface area (Å²) < 4.78 is 11.2. The molecule has 0 atom stereocenters. The Bertz CT molecular complexity index is 336. The van der Waals surface area contributed by atoms with Crippen molar-refractivity contribution in [3.8, 4) is 11.5 Å². The Hall–Kier alpha value is -1.22. The van der Waals surface area contributed by atoms with Crippen LogP contribution in [0.2, 0.25) is 0 Å². The molecule has 1 aromatic carbocycles. The molecule has 0 unspecified atom stereocenters. The quantitative estimate of drug-likeness (QED) is 0.741. The molecular weight excluding hydrogens is 238 g/mol. The molecule has 3 heteroatoms. The van der Waals surface area contributed by atoms with Crippen molar-refractivity contribution in [2.75, 3.05) is 19.8 Å². The molecule has 0 saturated carbocycles. The van der Waals surface area contributed by atoms with Crippen molar-refractivity contribution in [1.82, 2.24) is 0 Å². The number of nitrogens with two attached hydrogens (primary N) is 1. The second-order valence-electron chi connectivity index (χ2n) is 4.91. The first-order valence-corrected chi connectivity index (χ1v) is 7.25. The van der Waals surface area contributed by atoms with Crippen molar-refractivity contribution < 1.29 is 9.47 Å². The van der Waals surface area contributed by atoms with Crippen LogP contribution in [0.25, 0.3) is 0 Å². The van der Waals surface area contributed by atoms with Gasteiger partial charge in [0.1, 0.15) is 11.5 Å². The molecular formula is C16H27NO2. The van der Waals surface area contributed by atoms with Crippen LogP contribution in [0.4, 0.5) is 0 Å². The monoisotopic (exact) mass is 265 g/mol. The summed E-state index contributed by atoms with van der Waals surface area (Å²) in [4.78, 5) is 0. The Morgan fingerprint density at radius 3 is 1.89 bits per heavy atom. The van der Waals surface area contributed by atoms with Crippen LogP contribution in [0.15, 0.2) is 24.3 Å². The molecule has 3 nitrogen and oxygen atoms in total. The number of rotatable bonds is 9. The van der Waals surface area contributed by atoms with Crippen LogP contribution in [0, 0.1) is 5.41 Å². The summed E-state index contributed by atoms with van der Waals surface area (Å²) in [6.07, 6.45) is 3.21. The standard InChI is InChI=1S/C16H27NO2/c1-4-16(5-2,13-17)11-12-19-15-9-7-14(8-10-15)18-6-3/h7-10H,4-6,11-13,17H2,1-3H3. The topological polar surface area (TPSA) is 44.5 Å². The lowest BCUT2D eigenvalue weighted by Gasteiger charge is -2.29. The lowest BCUT2D eigenvalue weighted by molar-refractivity contribution is 0.187. The fourth-order valence-corrected chi connectivity index (χ4v) is 2.18. The fourth-order valence-electron chi connectivity index (χ4n) is 2.18. The summed E-state index contributed by atoms with van der Waals surface area (Å²) >= 11 is 0. The van der Waals surface area contributed by atoms with Crippen LogP contribution in [0.1, 0.15) is 40.0 Å². The van der Waals surface area contributed by atoms with E-state index in [9.17, 15) is 0 Å². The molecule has 0 bridgehead atoms. The number of hydrogen-bond acceptors (Lipinski definition) is 3. The summed E-state index contributed by atoms with van der Waals surface area (Å²) in [7, 11) is 0.